The van der Waals surface area contributed by atoms with Gasteiger partial charge in [-0.1, -0.05) is 5.04 Å². The molecule has 1 heterocycles. The lowest BCUT2D eigenvalue weighted by atomic mass is 10.5. The van der Waals surface area contributed by atoms with Gasteiger partial charge in [0.2, 0.25) is 0 Å². The minimum atomic E-state index is 0.653. The molecule has 0 aromatic rings. The molecule has 54 valence electrons. The zero-order valence-electron chi connectivity index (χ0n) is 5.33. The lowest BCUT2D eigenvalue weighted by molar-refractivity contribution is -0.532. The van der Waals surface area contributed by atoms with Crippen LogP contribution in [0.2, 0.25) is 0 Å². The molecule has 4 nitrogen and oxygen atoms in total. The second-order valence-electron chi connectivity index (χ2n) is 1.30. The van der Waals surface area contributed by atoms with Crippen molar-refractivity contribution in [2.45, 2.75) is 13.3 Å². The van der Waals surface area contributed by atoms with Gasteiger partial charge in [-0.2, -0.15) is 0 Å². The summed E-state index contributed by atoms with van der Waals surface area (Å²) in [7, 11) is 0. The highest BCUT2D eigenvalue weighted by Crippen LogP contribution is 1.93. The van der Waals surface area contributed by atoms with E-state index in [2.05, 4.69) is 14.8 Å². The lowest BCUT2D eigenvalue weighted by Gasteiger charge is -2.06. The fraction of sp³-hybridized carbons (Fsp3) is 0.800. The maximum absolute atomic E-state index is 8.81. The predicted octanol–water partition coefficient (Wildman–Crippen LogP) is 0.475. The molecule has 0 aromatic heterocycles. The van der Waals surface area contributed by atoms with E-state index in [-0.39, 0.29) is 0 Å². The van der Waals surface area contributed by atoms with E-state index < -0.39 is 0 Å². The summed E-state index contributed by atoms with van der Waals surface area (Å²) in [6.45, 7) is 2.75. The number of carbonyl (C=O) groups is 1. The van der Waals surface area contributed by atoms with Gasteiger partial charge < -0.3 is 4.79 Å². The van der Waals surface area contributed by atoms with Gasteiger partial charge in [0.25, 0.3) is 0 Å². The van der Waals surface area contributed by atoms with Crippen molar-refractivity contribution in [3.05, 3.63) is 0 Å². The lowest BCUT2D eigenvalue weighted by Crippen LogP contribution is -2.08. The summed E-state index contributed by atoms with van der Waals surface area (Å²) in [5.74, 6) is 0. The van der Waals surface area contributed by atoms with Gasteiger partial charge in [-0.25, -0.2) is 9.78 Å². The zero-order valence-corrected chi connectivity index (χ0v) is 5.33. The maximum Gasteiger partial charge on any atom is 0.116 e. The van der Waals surface area contributed by atoms with Gasteiger partial charge in [-0.15, -0.1) is 0 Å². The zero-order chi connectivity index (χ0) is 6.95. The first-order chi connectivity index (χ1) is 4.41. The highest BCUT2D eigenvalue weighted by Gasteiger charge is 1.96. The summed E-state index contributed by atoms with van der Waals surface area (Å²) in [6.07, 6.45) is 1.68. The molecule has 0 unspecified atom stereocenters. The summed E-state index contributed by atoms with van der Waals surface area (Å²) in [5, 5.41) is 4.07. The molecule has 1 rings (SSSR count). The van der Waals surface area contributed by atoms with Crippen molar-refractivity contribution < 1.29 is 19.6 Å². The van der Waals surface area contributed by atoms with Gasteiger partial charge in [0, 0.05) is 6.42 Å². The number of rotatable bonds is 0. The van der Waals surface area contributed by atoms with Crippen LogP contribution in [0.25, 0.3) is 0 Å². The van der Waals surface area contributed by atoms with E-state index in [0.29, 0.717) is 13.2 Å². The molecule has 9 heavy (non-hydrogen) atoms. The molecule has 1 aliphatic rings. The second kappa shape index (κ2) is 7.55. The minimum Gasteiger partial charge on any atom is -0.304 e. The van der Waals surface area contributed by atoms with Crippen molar-refractivity contribution in [2.75, 3.05) is 13.2 Å². The first kappa shape index (κ1) is 8.55. The SMILES string of the molecule is C1COOOC1.CC=O. The van der Waals surface area contributed by atoms with Crippen LogP contribution in [0, 0.1) is 0 Å². The summed E-state index contributed by atoms with van der Waals surface area (Å²) < 4.78 is 0. The first-order valence-electron chi connectivity index (χ1n) is 2.72. The standard InChI is InChI=1S/C3H6O3.C2H4O/c1-2-4-6-5-3-1;1-2-3/h1-3H2;2H,1H3. The van der Waals surface area contributed by atoms with Crippen LogP contribution < -0.4 is 0 Å². The number of carbonyl (C=O) groups excluding carboxylic acids is 1. The molecule has 0 saturated carbocycles. The van der Waals surface area contributed by atoms with Crippen molar-refractivity contribution in [1.82, 2.24) is 0 Å². The van der Waals surface area contributed by atoms with Crippen molar-refractivity contribution in [3.63, 3.8) is 0 Å². The van der Waals surface area contributed by atoms with Gasteiger partial charge in [0.15, 0.2) is 0 Å². The normalized spacial score (nSPS) is 17.4. The largest absolute Gasteiger partial charge is 0.304 e. The fourth-order valence-corrected chi connectivity index (χ4v) is 0.279. The molecule has 1 aliphatic heterocycles. The fourth-order valence-electron chi connectivity index (χ4n) is 0.279. The molecule has 0 radical (unpaired) electrons. The smallest absolute Gasteiger partial charge is 0.116 e. The Morgan fingerprint density at radius 3 is 1.89 bits per heavy atom. The molecule has 4 heteroatoms. The Morgan fingerprint density at radius 2 is 1.78 bits per heavy atom. The van der Waals surface area contributed by atoms with Gasteiger partial charge in [0.05, 0.1) is 13.2 Å². The molecule has 0 bridgehead atoms. The van der Waals surface area contributed by atoms with Crippen LogP contribution in [-0.2, 0) is 19.6 Å². The van der Waals surface area contributed by atoms with Crippen molar-refractivity contribution in [3.8, 4) is 0 Å². The minimum absolute atomic E-state index is 0.653. The Kier molecular flexibility index (Phi) is 7.17. The monoisotopic (exact) mass is 134 g/mol. The molecular formula is C5H10O4. The maximum atomic E-state index is 8.81. The third kappa shape index (κ3) is 7.55. The average molecular weight is 134 g/mol. The Morgan fingerprint density at radius 1 is 1.33 bits per heavy atom. The summed E-state index contributed by atoms with van der Waals surface area (Å²) in [4.78, 5) is 17.5. The van der Waals surface area contributed by atoms with Crippen LogP contribution in [0.5, 0.6) is 0 Å². The third-order valence-corrected chi connectivity index (χ3v) is 0.552. The van der Waals surface area contributed by atoms with Gasteiger partial charge >= 0.3 is 0 Å². The molecule has 1 fully saturated rings. The number of aldehydes is 1. The molecule has 0 aromatic carbocycles. The van der Waals surface area contributed by atoms with Crippen LogP contribution >= 0.6 is 0 Å². The highest BCUT2D eigenvalue weighted by molar-refractivity contribution is 5.44. The topological polar surface area (TPSA) is 44.8 Å². The van der Waals surface area contributed by atoms with E-state index >= 15 is 0 Å². The van der Waals surface area contributed by atoms with Crippen molar-refractivity contribution in [1.29, 1.82) is 0 Å². The summed E-state index contributed by atoms with van der Waals surface area (Å²) in [5.41, 5.74) is 0. The van der Waals surface area contributed by atoms with Gasteiger partial charge in [-0.05, 0) is 6.92 Å². The molecule has 0 spiro atoms. The third-order valence-electron chi connectivity index (χ3n) is 0.552. The van der Waals surface area contributed by atoms with E-state index in [1.165, 1.54) is 6.92 Å². The Hall–Kier alpha value is -0.450. The number of hydrogen-bond donors (Lipinski definition) is 0. The Balaban J connectivity index is 0.000000187. The summed E-state index contributed by atoms with van der Waals surface area (Å²) in [6, 6.07) is 0. The van der Waals surface area contributed by atoms with Gasteiger partial charge in [0.1, 0.15) is 6.29 Å². The Bertz CT molecular complexity index is 48.5. The van der Waals surface area contributed by atoms with E-state index in [1.54, 1.807) is 0 Å². The van der Waals surface area contributed by atoms with Crippen LogP contribution in [0.15, 0.2) is 0 Å². The average Bonchev–Trinajstić information content (AvgIpc) is 1.93. The quantitative estimate of drug-likeness (QED) is 0.357. The van der Waals surface area contributed by atoms with E-state index in [9.17, 15) is 0 Å². The van der Waals surface area contributed by atoms with Crippen LogP contribution in [0.4, 0.5) is 0 Å². The van der Waals surface area contributed by atoms with E-state index in [4.69, 9.17) is 4.79 Å². The molecular weight excluding hydrogens is 124 g/mol. The van der Waals surface area contributed by atoms with Crippen LogP contribution in [0.1, 0.15) is 13.3 Å². The first-order valence-corrected chi connectivity index (χ1v) is 2.72. The van der Waals surface area contributed by atoms with Crippen LogP contribution in [0.3, 0.4) is 0 Å². The van der Waals surface area contributed by atoms with E-state index in [1.807, 2.05) is 0 Å². The molecule has 0 aliphatic carbocycles. The summed E-state index contributed by atoms with van der Waals surface area (Å²) >= 11 is 0. The van der Waals surface area contributed by atoms with E-state index in [0.717, 1.165) is 12.7 Å². The molecule has 0 N–H and O–H groups in total. The van der Waals surface area contributed by atoms with Crippen molar-refractivity contribution >= 4 is 6.29 Å². The molecule has 0 atom stereocenters. The highest BCUT2D eigenvalue weighted by atomic mass is 17.5. The molecule has 0 amide bonds. The second-order valence-corrected chi connectivity index (χ2v) is 1.30. The number of hydrogen-bond acceptors (Lipinski definition) is 4. The van der Waals surface area contributed by atoms with Crippen molar-refractivity contribution in [2.24, 2.45) is 0 Å². The Labute approximate surface area is 53.6 Å². The van der Waals surface area contributed by atoms with Crippen LogP contribution in [-0.4, -0.2) is 19.5 Å². The molecule has 1 saturated heterocycles. The van der Waals surface area contributed by atoms with Gasteiger partial charge in [-0.3, -0.25) is 0 Å². The predicted molar refractivity (Wildman–Crippen MR) is 29.3 cm³/mol.